The quantitative estimate of drug-likeness (QED) is 0.686. The zero-order valence-electron chi connectivity index (χ0n) is 16.2. The third-order valence-electron chi connectivity index (χ3n) is 3.94. The zero-order chi connectivity index (χ0) is 21.6. The molecule has 1 atom stereocenters. The van der Waals surface area contributed by atoms with E-state index in [2.05, 4.69) is 5.32 Å². The summed E-state index contributed by atoms with van der Waals surface area (Å²) in [4.78, 5) is 24.9. The van der Waals surface area contributed by atoms with Crippen LogP contribution >= 0.6 is 11.6 Å². The number of nitriles is 1. The van der Waals surface area contributed by atoms with Crippen molar-refractivity contribution < 1.29 is 28.5 Å². The predicted molar refractivity (Wildman–Crippen MR) is 106 cm³/mol. The van der Waals surface area contributed by atoms with Crippen molar-refractivity contribution in [3.63, 3.8) is 0 Å². The normalized spacial score (nSPS) is 11.0. The van der Waals surface area contributed by atoms with Gasteiger partial charge in [-0.05, 0) is 25.1 Å². The van der Waals surface area contributed by atoms with E-state index in [9.17, 15) is 9.59 Å². The van der Waals surface area contributed by atoms with Crippen molar-refractivity contribution in [2.45, 2.75) is 13.0 Å². The van der Waals surface area contributed by atoms with Gasteiger partial charge in [-0.3, -0.25) is 4.79 Å². The Morgan fingerprint density at radius 2 is 1.66 bits per heavy atom. The molecule has 1 unspecified atom stereocenters. The van der Waals surface area contributed by atoms with Crippen molar-refractivity contribution in [1.82, 2.24) is 0 Å². The molecule has 9 heteroatoms. The largest absolute Gasteiger partial charge is 0.496 e. The fourth-order valence-corrected chi connectivity index (χ4v) is 2.62. The van der Waals surface area contributed by atoms with Gasteiger partial charge in [0.2, 0.25) is 0 Å². The van der Waals surface area contributed by atoms with E-state index in [1.54, 1.807) is 0 Å². The van der Waals surface area contributed by atoms with Gasteiger partial charge >= 0.3 is 5.97 Å². The predicted octanol–water partition coefficient (Wildman–Crippen LogP) is 3.42. The maximum atomic E-state index is 12.6. The van der Waals surface area contributed by atoms with Crippen molar-refractivity contribution in [3.8, 4) is 23.3 Å². The first-order chi connectivity index (χ1) is 13.8. The van der Waals surface area contributed by atoms with E-state index in [0.717, 1.165) is 0 Å². The molecule has 1 N–H and O–H groups in total. The molecule has 2 aromatic rings. The van der Waals surface area contributed by atoms with Crippen LogP contribution in [0.25, 0.3) is 0 Å². The lowest BCUT2D eigenvalue weighted by Crippen LogP contribution is -2.30. The summed E-state index contributed by atoms with van der Waals surface area (Å²) in [5.41, 5.74) is 0.724. The summed E-state index contributed by atoms with van der Waals surface area (Å²) in [5, 5.41) is 11.7. The number of nitrogens with one attached hydrogen (secondary N) is 1. The summed E-state index contributed by atoms with van der Waals surface area (Å²) in [6.45, 7) is 1.42. The van der Waals surface area contributed by atoms with E-state index in [4.69, 9.17) is 35.8 Å². The van der Waals surface area contributed by atoms with Crippen LogP contribution in [0.3, 0.4) is 0 Å². The smallest absolute Gasteiger partial charge is 0.342 e. The number of carbonyl (C=O) groups excluding carboxylic acids is 2. The molecule has 29 heavy (non-hydrogen) atoms. The number of rotatable bonds is 7. The highest BCUT2D eigenvalue weighted by Crippen LogP contribution is 2.35. The topological polar surface area (TPSA) is 107 Å². The fourth-order valence-electron chi connectivity index (χ4n) is 2.39. The van der Waals surface area contributed by atoms with E-state index in [-0.39, 0.29) is 21.9 Å². The van der Waals surface area contributed by atoms with E-state index in [1.165, 1.54) is 58.6 Å². The summed E-state index contributed by atoms with van der Waals surface area (Å²) < 4.78 is 20.8. The Labute approximate surface area is 172 Å². The van der Waals surface area contributed by atoms with Gasteiger partial charge in [-0.1, -0.05) is 11.6 Å². The highest BCUT2D eigenvalue weighted by atomic mass is 35.5. The number of hydrogen-bond donors (Lipinski definition) is 1. The Bertz CT molecular complexity index is 970. The first-order valence-corrected chi connectivity index (χ1v) is 8.73. The average molecular weight is 419 g/mol. The molecule has 0 spiro atoms. The molecule has 0 saturated carbocycles. The van der Waals surface area contributed by atoms with Crippen LogP contribution in [-0.4, -0.2) is 39.3 Å². The van der Waals surface area contributed by atoms with Crippen molar-refractivity contribution in [3.05, 3.63) is 46.5 Å². The van der Waals surface area contributed by atoms with E-state index >= 15 is 0 Å². The molecule has 152 valence electrons. The molecule has 0 aromatic heterocycles. The molecular weight excluding hydrogens is 400 g/mol. The molecule has 0 aliphatic carbocycles. The second kappa shape index (κ2) is 9.66. The van der Waals surface area contributed by atoms with Crippen molar-refractivity contribution in [1.29, 1.82) is 5.26 Å². The van der Waals surface area contributed by atoms with E-state index < -0.39 is 18.0 Å². The molecular formula is C20H19ClN2O6. The summed E-state index contributed by atoms with van der Waals surface area (Å²) >= 11 is 5.95. The fraction of sp³-hybridized carbons (Fsp3) is 0.250. The number of halogens is 1. The van der Waals surface area contributed by atoms with Gasteiger partial charge in [0.15, 0.2) is 17.6 Å². The van der Waals surface area contributed by atoms with Gasteiger partial charge in [-0.25, -0.2) is 4.79 Å². The lowest BCUT2D eigenvalue weighted by molar-refractivity contribution is -0.123. The molecule has 1 amide bonds. The van der Waals surface area contributed by atoms with Crippen LogP contribution in [-0.2, 0) is 9.53 Å². The van der Waals surface area contributed by atoms with Crippen LogP contribution in [0.5, 0.6) is 17.2 Å². The lowest BCUT2D eigenvalue weighted by atomic mass is 10.1. The summed E-state index contributed by atoms with van der Waals surface area (Å²) in [6, 6.07) is 9.25. The number of methoxy groups -OCH3 is 3. The van der Waals surface area contributed by atoms with Crippen LogP contribution in [0.4, 0.5) is 5.69 Å². The van der Waals surface area contributed by atoms with E-state index in [0.29, 0.717) is 17.2 Å². The first kappa shape index (κ1) is 21.9. The number of benzene rings is 2. The van der Waals surface area contributed by atoms with Crippen LogP contribution in [0.2, 0.25) is 5.02 Å². The van der Waals surface area contributed by atoms with Gasteiger partial charge in [-0.15, -0.1) is 0 Å². The lowest BCUT2D eigenvalue weighted by Gasteiger charge is -2.16. The first-order valence-electron chi connectivity index (χ1n) is 8.36. The van der Waals surface area contributed by atoms with Crippen LogP contribution in [0.15, 0.2) is 30.3 Å². The highest BCUT2D eigenvalue weighted by Gasteiger charge is 2.24. The van der Waals surface area contributed by atoms with Gasteiger partial charge in [0.1, 0.15) is 17.4 Å². The number of anilines is 1. The minimum absolute atomic E-state index is 0.0752. The van der Waals surface area contributed by atoms with Gasteiger partial charge in [-0.2, -0.15) is 5.26 Å². The Morgan fingerprint density at radius 1 is 1.03 bits per heavy atom. The Kier molecular flexibility index (Phi) is 7.28. The molecule has 0 aliphatic heterocycles. The molecule has 0 aliphatic rings. The SMILES string of the molecule is COc1cc(OC)c(C(=O)OC(C)C(=O)Nc2ccc(C#N)c(Cl)c2)cc1OC. The standard InChI is InChI=1S/C20H19ClN2O6/c1-11(19(24)23-13-6-5-12(10-22)15(21)7-13)29-20(25)14-8-17(27-3)18(28-4)9-16(14)26-2/h5-9,11H,1-4H3,(H,23,24). The second-order valence-electron chi connectivity index (χ2n) is 5.75. The van der Waals surface area contributed by atoms with Gasteiger partial charge in [0.05, 0.1) is 31.9 Å². The third kappa shape index (κ3) is 5.09. The summed E-state index contributed by atoms with van der Waals surface area (Å²) in [7, 11) is 4.28. The Morgan fingerprint density at radius 3 is 2.21 bits per heavy atom. The maximum absolute atomic E-state index is 12.6. The van der Waals surface area contributed by atoms with Crippen molar-refractivity contribution in [2.24, 2.45) is 0 Å². The molecule has 0 bridgehead atoms. The Balaban J connectivity index is 2.15. The second-order valence-corrected chi connectivity index (χ2v) is 6.16. The molecule has 2 aromatic carbocycles. The zero-order valence-corrected chi connectivity index (χ0v) is 17.0. The van der Waals surface area contributed by atoms with E-state index in [1.807, 2.05) is 6.07 Å². The minimum atomic E-state index is -1.12. The molecule has 0 fully saturated rings. The Hall–Kier alpha value is -3.44. The van der Waals surface area contributed by atoms with Gasteiger partial charge in [0.25, 0.3) is 5.91 Å². The van der Waals surface area contributed by atoms with Crippen LogP contribution < -0.4 is 19.5 Å². The van der Waals surface area contributed by atoms with Gasteiger partial charge in [0, 0.05) is 17.8 Å². The summed E-state index contributed by atoms with van der Waals surface area (Å²) in [5.74, 6) is -0.449. The summed E-state index contributed by atoms with van der Waals surface area (Å²) in [6.07, 6.45) is -1.12. The monoisotopic (exact) mass is 418 g/mol. The van der Waals surface area contributed by atoms with Crippen molar-refractivity contribution >= 4 is 29.2 Å². The molecule has 2 rings (SSSR count). The average Bonchev–Trinajstić information content (AvgIpc) is 2.72. The number of hydrogen-bond acceptors (Lipinski definition) is 7. The number of amides is 1. The number of carbonyl (C=O) groups is 2. The van der Waals surface area contributed by atoms with Crippen LogP contribution in [0, 0.1) is 11.3 Å². The van der Waals surface area contributed by atoms with Crippen molar-refractivity contribution in [2.75, 3.05) is 26.6 Å². The van der Waals surface area contributed by atoms with Gasteiger partial charge < -0.3 is 24.3 Å². The maximum Gasteiger partial charge on any atom is 0.342 e. The molecule has 0 heterocycles. The van der Waals surface area contributed by atoms with Crippen LogP contribution in [0.1, 0.15) is 22.8 Å². The third-order valence-corrected chi connectivity index (χ3v) is 4.25. The molecule has 0 saturated heterocycles. The molecule has 0 radical (unpaired) electrons. The number of esters is 1. The molecule has 8 nitrogen and oxygen atoms in total. The number of ether oxygens (including phenoxy) is 4. The minimum Gasteiger partial charge on any atom is -0.496 e. The number of nitrogens with zero attached hydrogens (tertiary/aromatic N) is 1. The highest BCUT2D eigenvalue weighted by molar-refractivity contribution is 6.32.